The van der Waals surface area contributed by atoms with Crippen molar-refractivity contribution in [3.05, 3.63) is 23.9 Å². The third-order valence-electron chi connectivity index (χ3n) is 4.78. The molecule has 1 unspecified atom stereocenters. The van der Waals surface area contributed by atoms with Crippen LogP contribution in [-0.4, -0.2) is 67.2 Å². The zero-order chi connectivity index (χ0) is 16.4. The fraction of sp³-hybridized carbons (Fsp3) is 0.647. The number of rotatable bonds is 3. The number of carbonyl (C=O) groups excluding carboxylic acids is 1. The van der Waals surface area contributed by atoms with Gasteiger partial charge >= 0.3 is 0 Å². The summed E-state index contributed by atoms with van der Waals surface area (Å²) < 4.78 is 22.4. The van der Waals surface area contributed by atoms with E-state index in [1.54, 1.807) is 18.3 Å². The third-order valence-corrected chi connectivity index (χ3v) is 4.78. The van der Waals surface area contributed by atoms with Gasteiger partial charge in [0.05, 0.1) is 32.0 Å². The molecule has 4 rings (SSSR count). The van der Waals surface area contributed by atoms with Gasteiger partial charge in [-0.15, -0.1) is 0 Å². The Morgan fingerprint density at radius 3 is 2.62 bits per heavy atom. The number of aromatic nitrogens is 1. The Morgan fingerprint density at radius 2 is 2.00 bits per heavy atom. The summed E-state index contributed by atoms with van der Waals surface area (Å²) in [5.41, 5.74) is 0.578. The lowest BCUT2D eigenvalue weighted by Gasteiger charge is -2.37. The van der Waals surface area contributed by atoms with Crippen LogP contribution in [-0.2, 0) is 14.2 Å². The number of hydrogen-bond acceptors (Lipinski definition) is 6. The molecule has 0 radical (unpaired) electrons. The molecule has 3 aliphatic rings. The van der Waals surface area contributed by atoms with Crippen LogP contribution in [0.1, 0.15) is 29.6 Å². The number of likely N-dealkylation sites (tertiary alicyclic amines) is 1. The molecule has 7 nitrogen and oxygen atoms in total. The smallest absolute Gasteiger partial charge is 0.255 e. The molecule has 3 saturated heterocycles. The van der Waals surface area contributed by atoms with E-state index < -0.39 is 5.79 Å². The first kappa shape index (κ1) is 15.8. The van der Waals surface area contributed by atoms with Crippen molar-refractivity contribution in [2.24, 2.45) is 0 Å². The Morgan fingerprint density at radius 1 is 1.21 bits per heavy atom. The molecule has 1 spiro atoms. The highest BCUT2D eigenvalue weighted by Crippen LogP contribution is 2.31. The van der Waals surface area contributed by atoms with Crippen LogP contribution in [0.25, 0.3) is 0 Å². The quantitative estimate of drug-likeness (QED) is 0.828. The number of ether oxygens (including phenoxy) is 4. The van der Waals surface area contributed by atoms with Crippen LogP contribution in [0.3, 0.4) is 0 Å². The van der Waals surface area contributed by atoms with Crippen LogP contribution in [0.15, 0.2) is 18.3 Å². The lowest BCUT2D eigenvalue weighted by molar-refractivity contribution is -0.181. The summed E-state index contributed by atoms with van der Waals surface area (Å²) in [6.45, 7) is 3.89. The first-order valence-corrected chi connectivity index (χ1v) is 8.52. The summed E-state index contributed by atoms with van der Waals surface area (Å²) in [6, 6.07) is 3.52. The molecule has 24 heavy (non-hydrogen) atoms. The summed E-state index contributed by atoms with van der Waals surface area (Å²) >= 11 is 0. The average molecular weight is 334 g/mol. The molecule has 0 aromatic carbocycles. The number of hydrogen-bond donors (Lipinski definition) is 0. The Balaban J connectivity index is 1.34. The highest BCUT2D eigenvalue weighted by Gasteiger charge is 2.40. The normalized spacial score (nSPS) is 26.0. The summed E-state index contributed by atoms with van der Waals surface area (Å²) in [5, 5.41) is 0. The molecule has 0 aliphatic carbocycles. The lowest BCUT2D eigenvalue weighted by atomic mass is 10.0. The SMILES string of the molecule is O=C(c1ccc(OC2CCOC2)nc1)N1CCC2(CC1)OCCO2. The maximum atomic E-state index is 12.6. The molecule has 130 valence electrons. The molecule has 7 heteroatoms. The minimum absolute atomic E-state index is 0.00824. The maximum absolute atomic E-state index is 12.6. The van der Waals surface area contributed by atoms with E-state index in [0.29, 0.717) is 44.4 Å². The molecule has 1 aromatic heterocycles. The van der Waals surface area contributed by atoms with Crippen LogP contribution >= 0.6 is 0 Å². The first-order chi connectivity index (χ1) is 11.7. The van der Waals surface area contributed by atoms with Gasteiger partial charge in [0.2, 0.25) is 5.88 Å². The van der Waals surface area contributed by atoms with Gasteiger partial charge < -0.3 is 23.8 Å². The van der Waals surface area contributed by atoms with Gasteiger partial charge in [-0.05, 0) is 6.07 Å². The second kappa shape index (κ2) is 6.66. The molecule has 4 heterocycles. The van der Waals surface area contributed by atoms with E-state index in [2.05, 4.69) is 4.98 Å². The van der Waals surface area contributed by atoms with E-state index in [9.17, 15) is 4.79 Å². The van der Waals surface area contributed by atoms with Crippen LogP contribution < -0.4 is 4.74 Å². The summed E-state index contributed by atoms with van der Waals surface area (Å²) in [7, 11) is 0. The molecule has 3 fully saturated rings. The highest BCUT2D eigenvalue weighted by atomic mass is 16.7. The molecule has 1 atom stereocenters. The highest BCUT2D eigenvalue weighted by molar-refractivity contribution is 5.94. The van der Waals surface area contributed by atoms with Gasteiger partial charge in [-0.25, -0.2) is 4.98 Å². The third kappa shape index (κ3) is 3.24. The van der Waals surface area contributed by atoms with Gasteiger partial charge in [-0.2, -0.15) is 0 Å². The first-order valence-electron chi connectivity index (χ1n) is 8.52. The number of pyridine rings is 1. The fourth-order valence-corrected chi connectivity index (χ4v) is 3.37. The minimum atomic E-state index is -0.462. The Kier molecular flexibility index (Phi) is 4.39. The van der Waals surface area contributed by atoms with Gasteiger partial charge in [-0.1, -0.05) is 0 Å². The lowest BCUT2D eigenvalue weighted by Crippen LogP contribution is -2.47. The number of piperidine rings is 1. The standard InChI is InChI=1S/C17H22N2O5/c20-16(19-6-4-17(5-7-19)22-9-10-23-17)13-1-2-15(18-11-13)24-14-3-8-21-12-14/h1-2,11,14H,3-10,12H2. The van der Waals surface area contributed by atoms with E-state index in [-0.39, 0.29) is 12.0 Å². The topological polar surface area (TPSA) is 70.1 Å². The molecule has 1 amide bonds. The number of amides is 1. The van der Waals surface area contributed by atoms with Crippen molar-refractivity contribution in [1.82, 2.24) is 9.88 Å². The second-order valence-corrected chi connectivity index (χ2v) is 6.39. The van der Waals surface area contributed by atoms with E-state index in [0.717, 1.165) is 25.9 Å². The van der Waals surface area contributed by atoms with Gasteiger partial charge in [-0.3, -0.25) is 4.79 Å². The Hall–Kier alpha value is -1.70. The van der Waals surface area contributed by atoms with E-state index in [4.69, 9.17) is 18.9 Å². The van der Waals surface area contributed by atoms with Crippen molar-refractivity contribution < 1.29 is 23.7 Å². The Bertz CT molecular complexity index is 569. The molecule has 3 aliphatic heterocycles. The van der Waals surface area contributed by atoms with Crippen LogP contribution in [0.2, 0.25) is 0 Å². The van der Waals surface area contributed by atoms with Gasteiger partial charge in [0, 0.05) is 44.6 Å². The molecule has 1 aromatic rings. The monoisotopic (exact) mass is 334 g/mol. The van der Waals surface area contributed by atoms with E-state index in [1.807, 2.05) is 4.90 Å². The van der Waals surface area contributed by atoms with Crippen molar-refractivity contribution >= 4 is 5.91 Å². The molecule has 0 N–H and O–H groups in total. The van der Waals surface area contributed by atoms with Crippen LogP contribution in [0.5, 0.6) is 5.88 Å². The summed E-state index contributed by atoms with van der Waals surface area (Å²) in [4.78, 5) is 18.7. The van der Waals surface area contributed by atoms with Gasteiger partial charge in [0.15, 0.2) is 5.79 Å². The van der Waals surface area contributed by atoms with Crippen molar-refractivity contribution in [1.29, 1.82) is 0 Å². The molecule has 0 saturated carbocycles. The number of carbonyl (C=O) groups is 1. The van der Waals surface area contributed by atoms with Crippen molar-refractivity contribution in [2.75, 3.05) is 39.5 Å². The second-order valence-electron chi connectivity index (χ2n) is 6.39. The van der Waals surface area contributed by atoms with Crippen LogP contribution in [0, 0.1) is 0 Å². The summed E-state index contributed by atoms with van der Waals surface area (Å²) in [6.07, 6.45) is 3.95. The van der Waals surface area contributed by atoms with Crippen LogP contribution in [0.4, 0.5) is 0 Å². The largest absolute Gasteiger partial charge is 0.472 e. The predicted octanol–water partition coefficient (Wildman–Crippen LogP) is 1.23. The van der Waals surface area contributed by atoms with E-state index >= 15 is 0 Å². The zero-order valence-corrected chi connectivity index (χ0v) is 13.6. The van der Waals surface area contributed by atoms with Crippen molar-refractivity contribution in [3.8, 4) is 5.88 Å². The van der Waals surface area contributed by atoms with Crippen molar-refractivity contribution in [3.63, 3.8) is 0 Å². The van der Waals surface area contributed by atoms with Gasteiger partial charge in [0.1, 0.15) is 6.10 Å². The number of nitrogens with zero attached hydrogens (tertiary/aromatic N) is 2. The predicted molar refractivity (Wildman–Crippen MR) is 83.9 cm³/mol. The maximum Gasteiger partial charge on any atom is 0.255 e. The van der Waals surface area contributed by atoms with E-state index in [1.165, 1.54) is 0 Å². The van der Waals surface area contributed by atoms with Gasteiger partial charge in [0.25, 0.3) is 5.91 Å². The molecule has 0 bridgehead atoms. The van der Waals surface area contributed by atoms with Crippen molar-refractivity contribution in [2.45, 2.75) is 31.2 Å². The fourth-order valence-electron chi connectivity index (χ4n) is 3.37. The zero-order valence-electron chi connectivity index (χ0n) is 13.6. The molecular weight excluding hydrogens is 312 g/mol. The summed E-state index contributed by atoms with van der Waals surface area (Å²) in [5.74, 6) is 0.0642. The average Bonchev–Trinajstić information content (AvgIpc) is 3.28. The molecular formula is C17H22N2O5. The Labute approximate surface area is 140 Å². The minimum Gasteiger partial charge on any atom is -0.472 e.